The SMILES string of the molecule is CC(=O)c1ccc(C#N)c(N(C)CC(=O)Nc2ccc(Cl)c(Cl)c2)c1. The normalized spacial score (nSPS) is 10.0. The Morgan fingerprint density at radius 2 is 1.88 bits per heavy atom. The van der Waals surface area contributed by atoms with Crippen molar-refractivity contribution in [1.29, 1.82) is 5.26 Å². The number of hydrogen-bond acceptors (Lipinski definition) is 4. The number of rotatable bonds is 5. The summed E-state index contributed by atoms with van der Waals surface area (Å²) < 4.78 is 0. The Hall–Kier alpha value is -2.55. The summed E-state index contributed by atoms with van der Waals surface area (Å²) >= 11 is 11.8. The zero-order valence-electron chi connectivity index (χ0n) is 13.6. The number of hydrogen-bond donors (Lipinski definition) is 1. The molecule has 1 amide bonds. The molecule has 0 spiro atoms. The number of nitriles is 1. The number of amides is 1. The van der Waals surface area contributed by atoms with Gasteiger partial charge in [0.05, 0.1) is 27.8 Å². The monoisotopic (exact) mass is 375 g/mol. The summed E-state index contributed by atoms with van der Waals surface area (Å²) in [7, 11) is 1.68. The quantitative estimate of drug-likeness (QED) is 0.796. The summed E-state index contributed by atoms with van der Waals surface area (Å²) in [5.74, 6) is -0.405. The molecule has 0 aromatic heterocycles. The van der Waals surface area contributed by atoms with Crippen LogP contribution >= 0.6 is 23.2 Å². The smallest absolute Gasteiger partial charge is 0.243 e. The number of nitrogens with zero attached hydrogens (tertiary/aromatic N) is 2. The minimum Gasteiger partial charge on any atom is -0.364 e. The fraction of sp³-hybridized carbons (Fsp3) is 0.167. The molecule has 0 saturated carbocycles. The molecule has 2 rings (SSSR count). The molecule has 0 radical (unpaired) electrons. The van der Waals surface area contributed by atoms with E-state index in [0.717, 1.165) is 0 Å². The number of halogens is 2. The molecule has 0 bridgehead atoms. The predicted octanol–water partition coefficient (Wildman–Crippen LogP) is 4.14. The van der Waals surface area contributed by atoms with Crippen molar-refractivity contribution in [3.8, 4) is 6.07 Å². The van der Waals surface area contributed by atoms with Crippen LogP contribution in [0.15, 0.2) is 36.4 Å². The Labute approximate surface area is 155 Å². The highest BCUT2D eigenvalue weighted by molar-refractivity contribution is 6.42. The molecule has 2 aromatic rings. The maximum Gasteiger partial charge on any atom is 0.243 e. The van der Waals surface area contributed by atoms with E-state index >= 15 is 0 Å². The van der Waals surface area contributed by atoms with Crippen molar-refractivity contribution >= 4 is 46.3 Å². The molecule has 1 N–H and O–H groups in total. The van der Waals surface area contributed by atoms with Crippen molar-refractivity contribution in [1.82, 2.24) is 0 Å². The summed E-state index contributed by atoms with van der Waals surface area (Å²) in [6.45, 7) is 1.44. The van der Waals surface area contributed by atoms with Crippen LogP contribution in [0.5, 0.6) is 0 Å². The average Bonchev–Trinajstić information content (AvgIpc) is 2.57. The van der Waals surface area contributed by atoms with E-state index in [1.165, 1.54) is 6.92 Å². The van der Waals surface area contributed by atoms with Gasteiger partial charge < -0.3 is 10.2 Å². The number of Topliss-reactive ketones (excluding diaryl/α,β-unsaturated/α-hetero) is 1. The molecule has 0 aliphatic rings. The van der Waals surface area contributed by atoms with E-state index in [9.17, 15) is 14.9 Å². The second-order valence-corrected chi connectivity index (χ2v) is 6.25. The lowest BCUT2D eigenvalue weighted by molar-refractivity contribution is -0.114. The van der Waals surface area contributed by atoms with E-state index in [-0.39, 0.29) is 18.2 Å². The first-order valence-corrected chi connectivity index (χ1v) is 8.08. The molecular formula is C18H15Cl2N3O2. The molecule has 0 atom stereocenters. The Morgan fingerprint density at radius 1 is 1.16 bits per heavy atom. The number of anilines is 2. The molecule has 7 heteroatoms. The largest absolute Gasteiger partial charge is 0.364 e. The zero-order chi connectivity index (χ0) is 18.6. The van der Waals surface area contributed by atoms with E-state index in [1.807, 2.05) is 0 Å². The molecular weight excluding hydrogens is 361 g/mol. The number of carbonyl (C=O) groups excluding carboxylic acids is 2. The number of carbonyl (C=O) groups is 2. The van der Waals surface area contributed by atoms with Crippen molar-refractivity contribution in [2.45, 2.75) is 6.92 Å². The Bertz CT molecular complexity index is 875. The number of likely N-dealkylation sites (N-methyl/N-ethyl adjacent to an activating group) is 1. The van der Waals surface area contributed by atoms with Crippen LogP contribution in [0.4, 0.5) is 11.4 Å². The van der Waals surface area contributed by atoms with Crippen LogP contribution in [0.3, 0.4) is 0 Å². The van der Waals surface area contributed by atoms with Gasteiger partial charge in [0.2, 0.25) is 5.91 Å². The summed E-state index contributed by atoms with van der Waals surface area (Å²) in [5.41, 5.74) is 1.89. The van der Waals surface area contributed by atoms with E-state index < -0.39 is 0 Å². The second kappa shape index (κ2) is 8.02. The molecule has 2 aromatic carbocycles. The third kappa shape index (κ3) is 4.72. The Kier molecular flexibility index (Phi) is 6.02. The van der Waals surface area contributed by atoms with E-state index in [4.69, 9.17) is 23.2 Å². The summed E-state index contributed by atoms with van der Waals surface area (Å²) in [4.78, 5) is 25.4. The van der Waals surface area contributed by atoms with Gasteiger partial charge in [0.15, 0.2) is 5.78 Å². The van der Waals surface area contributed by atoms with Gasteiger partial charge in [-0.1, -0.05) is 23.2 Å². The maximum absolute atomic E-state index is 12.2. The van der Waals surface area contributed by atoms with Crippen molar-refractivity contribution in [2.75, 3.05) is 23.8 Å². The number of ketones is 1. The van der Waals surface area contributed by atoms with Crippen LogP contribution in [-0.4, -0.2) is 25.3 Å². The van der Waals surface area contributed by atoms with Crippen molar-refractivity contribution in [2.24, 2.45) is 0 Å². The highest BCUT2D eigenvalue weighted by Gasteiger charge is 2.14. The lowest BCUT2D eigenvalue weighted by Crippen LogP contribution is -2.30. The maximum atomic E-state index is 12.2. The summed E-state index contributed by atoms with van der Waals surface area (Å²) in [6, 6.07) is 11.6. The molecule has 128 valence electrons. The first kappa shape index (κ1) is 18.8. The predicted molar refractivity (Wildman–Crippen MR) is 99.5 cm³/mol. The van der Waals surface area contributed by atoms with Crippen LogP contribution in [0.25, 0.3) is 0 Å². The molecule has 0 saturated heterocycles. The lowest BCUT2D eigenvalue weighted by atomic mass is 10.1. The fourth-order valence-corrected chi connectivity index (χ4v) is 2.53. The average molecular weight is 376 g/mol. The van der Waals surface area contributed by atoms with Gasteiger partial charge in [-0.15, -0.1) is 0 Å². The standard InChI is InChI=1S/C18H15Cl2N3O2/c1-11(24)12-3-4-13(9-21)17(7-12)23(2)10-18(25)22-14-5-6-15(19)16(20)8-14/h3-8H,10H2,1-2H3,(H,22,25). The lowest BCUT2D eigenvalue weighted by Gasteiger charge is -2.20. The number of nitrogens with one attached hydrogen (secondary N) is 1. The topological polar surface area (TPSA) is 73.2 Å². The highest BCUT2D eigenvalue weighted by Crippen LogP contribution is 2.25. The fourth-order valence-electron chi connectivity index (χ4n) is 2.24. The van der Waals surface area contributed by atoms with Crippen LogP contribution < -0.4 is 10.2 Å². The van der Waals surface area contributed by atoms with Crippen molar-refractivity contribution in [3.63, 3.8) is 0 Å². The van der Waals surface area contributed by atoms with Gasteiger partial charge in [-0.3, -0.25) is 9.59 Å². The van der Waals surface area contributed by atoms with Gasteiger partial charge in [0.1, 0.15) is 6.07 Å². The second-order valence-electron chi connectivity index (χ2n) is 5.43. The van der Waals surface area contributed by atoms with Crippen LogP contribution in [0.2, 0.25) is 10.0 Å². The molecule has 0 aliphatic heterocycles. The van der Waals surface area contributed by atoms with Gasteiger partial charge >= 0.3 is 0 Å². The van der Waals surface area contributed by atoms with E-state index in [0.29, 0.717) is 32.5 Å². The first-order valence-electron chi connectivity index (χ1n) is 7.33. The van der Waals surface area contributed by atoms with Crippen molar-refractivity contribution < 1.29 is 9.59 Å². The third-order valence-electron chi connectivity index (χ3n) is 3.52. The molecule has 5 nitrogen and oxygen atoms in total. The van der Waals surface area contributed by atoms with Crippen molar-refractivity contribution in [3.05, 3.63) is 57.6 Å². The summed E-state index contributed by atoms with van der Waals surface area (Å²) in [5, 5.41) is 12.7. The Balaban J connectivity index is 2.15. The number of benzene rings is 2. The van der Waals surface area contributed by atoms with E-state index in [2.05, 4.69) is 11.4 Å². The summed E-state index contributed by atoms with van der Waals surface area (Å²) in [6.07, 6.45) is 0. The van der Waals surface area contributed by atoms with Gasteiger partial charge in [0, 0.05) is 18.3 Å². The molecule has 0 aliphatic carbocycles. The Morgan fingerprint density at radius 3 is 2.48 bits per heavy atom. The molecule has 0 unspecified atom stereocenters. The van der Waals surface area contributed by atoms with E-state index in [1.54, 1.807) is 48.3 Å². The molecule has 0 fully saturated rings. The van der Waals surface area contributed by atoms with Crippen LogP contribution in [0.1, 0.15) is 22.8 Å². The highest BCUT2D eigenvalue weighted by atomic mass is 35.5. The minimum atomic E-state index is -0.294. The zero-order valence-corrected chi connectivity index (χ0v) is 15.1. The van der Waals surface area contributed by atoms with Gasteiger partial charge in [-0.25, -0.2) is 0 Å². The van der Waals surface area contributed by atoms with Gasteiger partial charge in [0.25, 0.3) is 0 Å². The van der Waals surface area contributed by atoms with Gasteiger partial charge in [-0.05, 0) is 43.3 Å². The molecule has 25 heavy (non-hydrogen) atoms. The third-order valence-corrected chi connectivity index (χ3v) is 4.26. The van der Waals surface area contributed by atoms with Gasteiger partial charge in [-0.2, -0.15) is 5.26 Å². The van der Waals surface area contributed by atoms with Crippen LogP contribution in [-0.2, 0) is 4.79 Å². The minimum absolute atomic E-state index is 0.00369. The molecule has 0 heterocycles. The van der Waals surface area contributed by atoms with Crippen LogP contribution in [0, 0.1) is 11.3 Å². The first-order chi connectivity index (χ1) is 11.8.